The summed E-state index contributed by atoms with van der Waals surface area (Å²) in [6.45, 7) is 4.11. The highest BCUT2D eigenvalue weighted by Gasteiger charge is 1.89. The number of rotatable bonds is 4. The van der Waals surface area contributed by atoms with Crippen LogP contribution in [0.4, 0.5) is 0 Å². The predicted octanol–water partition coefficient (Wildman–Crippen LogP) is 1.39. The molecular weight excluding hydrogens is 158 g/mol. The molecule has 3 nitrogen and oxygen atoms in total. The normalized spacial score (nSPS) is 11.3. The van der Waals surface area contributed by atoms with Gasteiger partial charge in [-0.3, -0.25) is 5.43 Å². The van der Waals surface area contributed by atoms with Crippen molar-refractivity contribution in [3.63, 3.8) is 0 Å². The summed E-state index contributed by atoms with van der Waals surface area (Å²) in [6, 6.07) is 0. The van der Waals surface area contributed by atoms with Gasteiger partial charge >= 0.3 is 0 Å². The van der Waals surface area contributed by atoms with Crippen molar-refractivity contribution >= 4 is 23.0 Å². The van der Waals surface area contributed by atoms with Crippen molar-refractivity contribution in [2.75, 3.05) is 0 Å². The van der Waals surface area contributed by atoms with Gasteiger partial charge < -0.3 is 5.73 Å². The van der Waals surface area contributed by atoms with Crippen LogP contribution < -0.4 is 11.2 Å². The van der Waals surface area contributed by atoms with Gasteiger partial charge in [0.2, 0.25) is 0 Å². The lowest BCUT2D eigenvalue weighted by Gasteiger charge is -1.99. The molecule has 0 spiro atoms. The van der Waals surface area contributed by atoms with E-state index in [1.54, 1.807) is 0 Å². The molecule has 0 atom stereocenters. The fourth-order valence-electron chi connectivity index (χ4n) is 0.639. The molecule has 0 aliphatic carbocycles. The van der Waals surface area contributed by atoms with Gasteiger partial charge in [-0.2, -0.15) is 5.10 Å². The molecule has 0 radical (unpaired) electrons. The van der Waals surface area contributed by atoms with E-state index in [2.05, 4.69) is 29.7 Å². The number of hydrazone groups is 1. The highest BCUT2D eigenvalue weighted by molar-refractivity contribution is 7.80. The Morgan fingerprint density at radius 3 is 2.73 bits per heavy atom. The molecule has 0 aromatic carbocycles. The van der Waals surface area contributed by atoms with Crippen molar-refractivity contribution in [2.24, 2.45) is 10.8 Å². The Labute approximate surface area is 73.0 Å². The number of thiocarbonyl (C=S) groups is 1. The Kier molecular flexibility index (Phi) is 5.74. The van der Waals surface area contributed by atoms with E-state index in [1.165, 1.54) is 6.42 Å². The second kappa shape index (κ2) is 6.09. The Balaban J connectivity index is 3.54. The van der Waals surface area contributed by atoms with Crippen LogP contribution in [0.15, 0.2) is 5.10 Å². The molecule has 0 fully saturated rings. The Morgan fingerprint density at radius 1 is 1.64 bits per heavy atom. The Morgan fingerprint density at radius 2 is 2.27 bits per heavy atom. The molecule has 0 bridgehead atoms. The summed E-state index contributed by atoms with van der Waals surface area (Å²) in [5.41, 5.74) is 8.78. The third-order valence-corrected chi connectivity index (χ3v) is 1.34. The van der Waals surface area contributed by atoms with Crippen molar-refractivity contribution in [2.45, 2.75) is 33.1 Å². The highest BCUT2D eigenvalue weighted by atomic mass is 32.1. The lowest BCUT2D eigenvalue weighted by atomic mass is 10.2. The van der Waals surface area contributed by atoms with Crippen molar-refractivity contribution < 1.29 is 0 Å². The summed E-state index contributed by atoms with van der Waals surface area (Å²) < 4.78 is 0. The van der Waals surface area contributed by atoms with Gasteiger partial charge in [0.15, 0.2) is 5.11 Å². The predicted molar refractivity (Wildman–Crippen MR) is 52.6 cm³/mol. The van der Waals surface area contributed by atoms with Crippen LogP contribution in [0.5, 0.6) is 0 Å². The molecule has 0 aliphatic heterocycles. The quantitative estimate of drug-likeness (QED) is 0.384. The second-order valence-electron chi connectivity index (χ2n) is 2.43. The molecule has 0 saturated carbocycles. The molecular formula is C7H15N3S. The minimum absolute atomic E-state index is 0.223. The molecule has 0 aromatic heterocycles. The number of hydrogen-bond acceptors (Lipinski definition) is 2. The van der Waals surface area contributed by atoms with Crippen LogP contribution in [0.1, 0.15) is 33.1 Å². The fraction of sp³-hybridized carbons (Fsp3) is 0.714. The number of unbranched alkanes of at least 4 members (excludes halogenated alkanes) is 1. The molecule has 0 rings (SSSR count). The maximum Gasteiger partial charge on any atom is 0.184 e. The van der Waals surface area contributed by atoms with Gasteiger partial charge in [-0.25, -0.2) is 0 Å². The van der Waals surface area contributed by atoms with Crippen LogP contribution in [-0.4, -0.2) is 10.8 Å². The standard InChI is InChI=1S/C7H15N3S/c1-3-4-5-6(2)9-10-7(8)11/h3-5H2,1-2H3,(H3,8,10,11). The van der Waals surface area contributed by atoms with Gasteiger partial charge in [-0.1, -0.05) is 13.3 Å². The van der Waals surface area contributed by atoms with Crippen molar-refractivity contribution in [1.82, 2.24) is 5.43 Å². The zero-order valence-corrected chi connectivity index (χ0v) is 7.87. The van der Waals surface area contributed by atoms with E-state index in [4.69, 9.17) is 5.73 Å². The van der Waals surface area contributed by atoms with Gasteiger partial charge in [0.1, 0.15) is 0 Å². The van der Waals surface area contributed by atoms with Crippen LogP contribution in [0.3, 0.4) is 0 Å². The van der Waals surface area contributed by atoms with Crippen LogP contribution in [0, 0.1) is 0 Å². The minimum Gasteiger partial charge on any atom is -0.375 e. The van der Waals surface area contributed by atoms with E-state index < -0.39 is 0 Å². The van der Waals surface area contributed by atoms with Crippen LogP contribution in [0.2, 0.25) is 0 Å². The summed E-state index contributed by atoms with van der Waals surface area (Å²) >= 11 is 4.59. The minimum atomic E-state index is 0.223. The first kappa shape index (κ1) is 10.4. The Hall–Kier alpha value is -0.640. The fourth-order valence-corrected chi connectivity index (χ4v) is 0.685. The van der Waals surface area contributed by atoms with E-state index in [-0.39, 0.29) is 5.11 Å². The first-order valence-corrected chi connectivity index (χ1v) is 4.16. The second-order valence-corrected chi connectivity index (χ2v) is 2.87. The molecule has 4 heteroatoms. The maximum absolute atomic E-state index is 5.18. The smallest absolute Gasteiger partial charge is 0.184 e. The van der Waals surface area contributed by atoms with Gasteiger partial charge in [0.05, 0.1) is 0 Å². The van der Waals surface area contributed by atoms with E-state index in [0.29, 0.717) is 0 Å². The zero-order chi connectivity index (χ0) is 8.69. The number of hydrogen-bond donors (Lipinski definition) is 2. The van der Waals surface area contributed by atoms with Gasteiger partial charge in [0.25, 0.3) is 0 Å². The highest BCUT2D eigenvalue weighted by Crippen LogP contribution is 1.95. The zero-order valence-electron chi connectivity index (χ0n) is 7.05. The summed E-state index contributed by atoms with van der Waals surface area (Å²) in [5, 5.41) is 4.18. The van der Waals surface area contributed by atoms with Crippen molar-refractivity contribution in [3.8, 4) is 0 Å². The summed E-state index contributed by atoms with van der Waals surface area (Å²) in [7, 11) is 0. The molecule has 3 N–H and O–H groups in total. The SMILES string of the molecule is CCCCC(C)=NNC(N)=S. The topological polar surface area (TPSA) is 50.4 Å². The molecule has 0 unspecified atom stereocenters. The van der Waals surface area contributed by atoms with Crippen LogP contribution in [0.25, 0.3) is 0 Å². The molecule has 0 aromatic rings. The third kappa shape index (κ3) is 7.25. The number of nitrogens with one attached hydrogen (secondary N) is 1. The molecule has 0 aliphatic rings. The average Bonchev–Trinajstić information content (AvgIpc) is 1.97. The van der Waals surface area contributed by atoms with E-state index in [9.17, 15) is 0 Å². The largest absolute Gasteiger partial charge is 0.375 e. The van der Waals surface area contributed by atoms with Crippen molar-refractivity contribution in [3.05, 3.63) is 0 Å². The summed E-state index contributed by atoms with van der Waals surface area (Å²) in [5.74, 6) is 0. The van der Waals surface area contributed by atoms with E-state index >= 15 is 0 Å². The molecule has 64 valence electrons. The molecule has 11 heavy (non-hydrogen) atoms. The lowest BCUT2D eigenvalue weighted by Crippen LogP contribution is -2.25. The monoisotopic (exact) mass is 173 g/mol. The van der Waals surface area contributed by atoms with Crippen LogP contribution in [-0.2, 0) is 0 Å². The number of nitrogens with zero attached hydrogens (tertiary/aromatic N) is 1. The van der Waals surface area contributed by atoms with Crippen LogP contribution >= 0.6 is 12.2 Å². The molecule has 0 saturated heterocycles. The van der Waals surface area contributed by atoms with E-state index in [0.717, 1.165) is 18.6 Å². The number of nitrogens with two attached hydrogens (primary N) is 1. The summed E-state index contributed by atoms with van der Waals surface area (Å²) in [4.78, 5) is 0. The first-order chi connectivity index (χ1) is 5.16. The molecule has 0 heterocycles. The average molecular weight is 173 g/mol. The third-order valence-electron chi connectivity index (χ3n) is 1.25. The Bertz CT molecular complexity index is 154. The molecule has 0 amide bonds. The van der Waals surface area contributed by atoms with Crippen molar-refractivity contribution in [1.29, 1.82) is 0 Å². The van der Waals surface area contributed by atoms with Gasteiger partial charge in [-0.05, 0) is 32.0 Å². The van der Waals surface area contributed by atoms with E-state index in [1.807, 2.05) is 6.92 Å². The van der Waals surface area contributed by atoms with Gasteiger partial charge in [-0.15, -0.1) is 0 Å². The first-order valence-electron chi connectivity index (χ1n) is 3.75. The summed E-state index contributed by atoms with van der Waals surface area (Å²) in [6.07, 6.45) is 3.35. The lowest BCUT2D eigenvalue weighted by molar-refractivity contribution is 0.825. The van der Waals surface area contributed by atoms with Gasteiger partial charge in [0, 0.05) is 5.71 Å². The maximum atomic E-state index is 5.18.